The molecular formula is C14H14O3. The molecule has 0 heterocycles. The van der Waals surface area contributed by atoms with E-state index in [0.29, 0.717) is 12.8 Å². The van der Waals surface area contributed by atoms with E-state index >= 15 is 0 Å². The molecule has 0 spiro atoms. The average Bonchev–Trinajstić information content (AvgIpc) is 2.39. The van der Waals surface area contributed by atoms with Gasteiger partial charge in [0.1, 0.15) is 0 Å². The second-order valence-electron chi connectivity index (χ2n) is 4.08. The monoisotopic (exact) mass is 230 g/mol. The minimum Gasteiger partial charge on any atom is -0.465 e. The van der Waals surface area contributed by atoms with Gasteiger partial charge in [0, 0.05) is 6.42 Å². The van der Waals surface area contributed by atoms with Gasteiger partial charge in [0.15, 0.2) is 5.78 Å². The number of carbonyl (C=O) groups is 2. The van der Waals surface area contributed by atoms with E-state index in [0.717, 1.165) is 5.56 Å². The molecule has 0 aromatic heterocycles. The summed E-state index contributed by atoms with van der Waals surface area (Å²) in [5.74, 6) is -0.476. The molecule has 0 radical (unpaired) electrons. The van der Waals surface area contributed by atoms with E-state index in [2.05, 4.69) is 4.74 Å². The maximum atomic E-state index is 11.8. The van der Waals surface area contributed by atoms with Crippen LogP contribution in [-0.4, -0.2) is 18.9 Å². The van der Waals surface area contributed by atoms with Crippen molar-refractivity contribution in [2.45, 2.75) is 18.8 Å². The summed E-state index contributed by atoms with van der Waals surface area (Å²) >= 11 is 0. The molecule has 1 atom stereocenters. The highest BCUT2D eigenvalue weighted by atomic mass is 16.5. The molecule has 17 heavy (non-hydrogen) atoms. The van der Waals surface area contributed by atoms with Crippen LogP contribution >= 0.6 is 0 Å². The van der Waals surface area contributed by atoms with Crippen LogP contribution in [0.5, 0.6) is 0 Å². The summed E-state index contributed by atoms with van der Waals surface area (Å²) in [5.41, 5.74) is 1.33. The third-order valence-corrected chi connectivity index (χ3v) is 3.01. The van der Waals surface area contributed by atoms with E-state index < -0.39 is 5.97 Å². The third-order valence-electron chi connectivity index (χ3n) is 3.01. The Hall–Kier alpha value is -1.90. The summed E-state index contributed by atoms with van der Waals surface area (Å²) < 4.78 is 4.57. The first-order valence-electron chi connectivity index (χ1n) is 5.59. The minimum atomic E-state index is -0.526. The molecule has 0 N–H and O–H groups in total. The Morgan fingerprint density at radius 3 is 2.59 bits per heavy atom. The lowest BCUT2D eigenvalue weighted by molar-refractivity contribution is -0.138. The van der Waals surface area contributed by atoms with E-state index in [4.69, 9.17) is 0 Å². The van der Waals surface area contributed by atoms with E-state index in [-0.39, 0.29) is 17.3 Å². The number of hydrogen-bond acceptors (Lipinski definition) is 3. The zero-order valence-corrected chi connectivity index (χ0v) is 9.68. The van der Waals surface area contributed by atoms with E-state index in [1.54, 1.807) is 6.08 Å². The largest absolute Gasteiger partial charge is 0.465 e. The molecule has 0 saturated carbocycles. The van der Waals surface area contributed by atoms with Crippen LogP contribution < -0.4 is 0 Å². The lowest BCUT2D eigenvalue weighted by Crippen LogP contribution is -2.21. The molecule has 0 fully saturated rings. The van der Waals surface area contributed by atoms with Crippen LogP contribution in [0, 0.1) is 0 Å². The number of methoxy groups -OCH3 is 1. The van der Waals surface area contributed by atoms with Crippen molar-refractivity contribution < 1.29 is 14.3 Å². The SMILES string of the molecule is COC(=O)C1=CCC(c2ccccc2)CC1=O. The number of esters is 1. The number of ether oxygens (including phenoxy) is 1. The Balaban J connectivity index is 2.17. The van der Waals surface area contributed by atoms with Crippen molar-refractivity contribution in [3.63, 3.8) is 0 Å². The molecule has 0 aliphatic heterocycles. The fourth-order valence-electron chi connectivity index (χ4n) is 2.08. The topological polar surface area (TPSA) is 43.4 Å². The summed E-state index contributed by atoms with van der Waals surface area (Å²) in [6, 6.07) is 9.88. The number of allylic oxidation sites excluding steroid dienone is 1. The molecule has 2 rings (SSSR count). The van der Waals surface area contributed by atoms with Gasteiger partial charge in [-0.2, -0.15) is 0 Å². The van der Waals surface area contributed by atoms with Gasteiger partial charge >= 0.3 is 5.97 Å². The van der Waals surface area contributed by atoms with Gasteiger partial charge in [-0.25, -0.2) is 4.79 Å². The van der Waals surface area contributed by atoms with Crippen LogP contribution in [0.25, 0.3) is 0 Å². The standard InChI is InChI=1S/C14H14O3/c1-17-14(16)12-8-7-11(9-13(12)15)10-5-3-2-4-6-10/h2-6,8,11H,7,9H2,1H3. The van der Waals surface area contributed by atoms with Gasteiger partial charge in [-0.05, 0) is 17.9 Å². The Morgan fingerprint density at radius 1 is 1.29 bits per heavy atom. The first-order chi connectivity index (χ1) is 8.22. The van der Waals surface area contributed by atoms with Crippen molar-refractivity contribution in [1.29, 1.82) is 0 Å². The molecule has 1 aromatic carbocycles. The maximum absolute atomic E-state index is 11.8. The Bertz CT molecular complexity index is 460. The van der Waals surface area contributed by atoms with Crippen molar-refractivity contribution in [2.24, 2.45) is 0 Å². The van der Waals surface area contributed by atoms with Gasteiger partial charge in [0.05, 0.1) is 12.7 Å². The Kier molecular flexibility index (Phi) is 3.38. The zero-order valence-electron chi connectivity index (χ0n) is 9.68. The molecule has 1 aromatic rings. The molecule has 88 valence electrons. The highest BCUT2D eigenvalue weighted by Gasteiger charge is 2.27. The van der Waals surface area contributed by atoms with Gasteiger partial charge < -0.3 is 4.74 Å². The van der Waals surface area contributed by atoms with Crippen molar-refractivity contribution in [1.82, 2.24) is 0 Å². The maximum Gasteiger partial charge on any atom is 0.341 e. The van der Waals surface area contributed by atoms with E-state index in [1.165, 1.54) is 7.11 Å². The summed E-state index contributed by atoms with van der Waals surface area (Å²) in [4.78, 5) is 23.1. The van der Waals surface area contributed by atoms with Crippen molar-refractivity contribution in [3.05, 3.63) is 47.5 Å². The van der Waals surface area contributed by atoms with Crippen molar-refractivity contribution in [2.75, 3.05) is 7.11 Å². The molecule has 1 unspecified atom stereocenters. The Labute approximate surface area is 100 Å². The normalized spacial score (nSPS) is 19.7. The predicted octanol–water partition coefficient (Wildman–Crippen LogP) is 2.23. The predicted molar refractivity (Wildman–Crippen MR) is 63.5 cm³/mol. The number of hydrogen-bond donors (Lipinski definition) is 0. The Morgan fingerprint density at radius 2 is 2.00 bits per heavy atom. The molecule has 0 bridgehead atoms. The van der Waals surface area contributed by atoms with Crippen LogP contribution in [0.15, 0.2) is 42.0 Å². The summed E-state index contributed by atoms with van der Waals surface area (Å²) in [5, 5.41) is 0. The molecule has 1 aliphatic carbocycles. The number of Topliss-reactive ketones (excluding diaryl/α,β-unsaturated/α-hetero) is 1. The van der Waals surface area contributed by atoms with Crippen molar-refractivity contribution >= 4 is 11.8 Å². The van der Waals surface area contributed by atoms with Crippen LogP contribution in [-0.2, 0) is 14.3 Å². The molecule has 0 amide bonds. The second-order valence-corrected chi connectivity index (χ2v) is 4.08. The fraction of sp³-hybridized carbons (Fsp3) is 0.286. The molecular weight excluding hydrogens is 216 g/mol. The molecule has 3 nitrogen and oxygen atoms in total. The number of ketones is 1. The smallest absolute Gasteiger partial charge is 0.341 e. The van der Waals surface area contributed by atoms with Crippen LogP contribution in [0.2, 0.25) is 0 Å². The van der Waals surface area contributed by atoms with Gasteiger partial charge in [-0.1, -0.05) is 36.4 Å². The van der Waals surface area contributed by atoms with Crippen LogP contribution in [0.4, 0.5) is 0 Å². The summed E-state index contributed by atoms with van der Waals surface area (Å²) in [6.07, 6.45) is 2.78. The summed E-state index contributed by atoms with van der Waals surface area (Å²) in [6.45, 7) is 0. The van der Waals surface area contributed by atoms with Gasteiger partial charge in [0.25, 0.3) is 0 Å². The molecule has 3 heteroatoms. The van der Waals surface area contributed by atoms with E-state index in [1.807, 2.05) is 30.3 Å². The second kappa shape index (κ2) is 4.95. The average molecular weight is 230 g/mol. The highest BCUT2D eigenvalue weighted by molar-refractivity contribution is 6.17. The van der Waals surface area contributed by atoms with Gasteiger partial charge in [-0.15, -0.1) is 0 Å². The third kappa shape index (κ3) is 2.44. The first-order valence-corrected chi connectivity index (χ1v) is 5.59. The lowest BCUT2D eigenvalue weighted by atomic mass is 9.84. The molecule has 0 saturated heterocycles. The van der Waals surface area contributed by atoms with Crippen LogP contribution in [0.3, 0.4) is 0 Å². The number of benzene rings is 1. The zero-order chi connectivity index (χ0) is 12.3. The fourth-order valence-corrected chi connectivity index (χ4v) is 2.08. The summed E-state index contributed by atoms with van der Waals surface area (Å²) in [7, 11) is 1.29. The van der Waals surface area contributed by atoms with Gasteiger partial charge in [0.2, 0.25) is 0 Å². The quantitative estimate of drug-likeness (QED) is 0.578. The van der Waals surface area contributed by atoms with Crippen molar-refractivity contribution in [3.8, 4) is 0 Å². The minimum absolute atomic E-state index is 0.128. The van der Waals surface area contributed by atoms with Gasteiger partial charge in [-0.3, -0.25) is 4.79 Å². The number of carbonyl (C=O) groups excluding carboxylic acids is 2. The molecule has 1 aliphatic rings. The number of rotatable bonds is 2. The first kappa shape index (κ1) is 11.6. The van der Waals surface area contributed by atoms with Crippen LogP contribution in [0.1, 0.15) is 24.3 Å². The lowest BCUT2D eigenvalue weighted by Gasteiger charge is -2.20. The highest BCUT2D eigenvalue weighted by Crippen LogP contribution is 2.30. The van der Waals surface area contributed by atoms with E-state index in [9.17, 15) is 9.59 Å².